The van der Waals surface area contributed by atoms with E-state index in [0.717, 1.165) is 5.52 Å². The third-order valence-electron chi connectivity index (χ3n) is 2.98. The van der Waals surface area contributed by atoms with Gasteiger partial charge in [0.05, 0.1) is 5.52 Å². The Morgan fingerprint density at radius 2 is 1.76 bits per heavy atom. The van der Waals surface area contributed by atoms with E-state index in [9.17, 15) is 0 Å². The molecular weight excluding hydrogens is 208 g/mol. The van der Waals surface area contributed by atoms with Crippen molar-refractivity contribution in [2.45, 2.75) is 6.92 Å². The van der Waals surface area contributed by atoms with Crippen molar-refractivity contribution >= 4 is 10.9 Å². The number of aromatic nitrogens is 2. The van der Waals surface area contributed by atoms with Gasteiger partial charge in [-0.15, -0.1) is 0 Å². The van der Waals surface area contributed by atoms with Gasteiger partial charge in [0.15, 0.2) is 0 Å². The summed E-state index contributed by atoms with van der Waals surface area (Å²) in [4.78, 5) is 8.58. The number of hydrogen-bond donors (Lipinski definition) is 0. The number of rotatable bonds is 1. The summed E-state index contributed by atoms with van der Waals surface area (Å²) in [6.45, 7) is 2.10. The zero-order chi connectivity index (χ0) is 11.7. The van der Waals surface area contributed by atoms with Gasteiger partial charge in [-0.1, -0.05) is 18.2 Å². The predicted molar refractivity (Wildman–Crippen MR) is 69.7 cm³/mol. The van der Waals surface area contributed by atoms with Gasteiger partial charge in [0.1, 0.15) is 0 Å². The second kappa shape index (κ2) is 3.98. The summed E-state index contributed by atoms with van der Waals surface area (Å²) >= 11 is 0. The van der Waals surface area contributed by atoms with Crippen molar-refractivity contribution in [3.8, 4) is 11.1 Å². The van der Waals surface area contributed by atoms with Crippen LogP contribution in [0.25, 0.3) is 22.0 Å². The van der Waals surface area contributed by atoms with E-state index in [4.69, 9.17) is 0 Å². The van der Waals surface area contributed by atoms with E-state index in [1.807, 2.05) is 48.9 Å². The molecule has 2 heteroatoms. The van der Waals surface area contributed by atoms with Crippen LogP contribution < -0.4 is 0 Å². The minimum atomic E-state index is 1.02. The fourth-order valence-electron chi connectivity index (χ4n) is 2.08. The lowest BCUT2D eigenvalue weighted by Gasteiger charge is -2.08. The molecule has 0 unspecified atom stereocenters. The van der Waals surface area contributed by atoms with E-state index in [2.05, 4.69) is 23.0 Å². The zero-order valence-corrected chi connectivity index (χ0v) is 9.59. The zero-order valence-electron chi connectivity index (χ0n) is 9.59. The van der Waals surface area contributed by atoms with E-state index >= 15 is 0 Å². The Balaban J connectivity index is 2.35. The predicted octanol–water partition coefficient (Wildman–Crippen LogP) is 3.61. The van der Waals surface area contributed by atoms with Gasteiger partial charge in [-0.2, -0.15) is 0 Å². The molecule has 0 atom stereocenters. The summed E-state index contributed by atoms with van der Waals surface area (Å²) in [5, 5.41) is 1.17. The Kier molecular flexibility index (Phi) is 2.33. The first kappa shape index (κ1) is 9.97. The van der Waals surface area contributed by atoms with E-state index in [1.54, 1.807) is 0 Å². The van der Waals surface area contributed by atoms with E-state index in [1.165, 1.54) is 22.1 Å². The highest BCUT2D eigenvalue weighted by Gasteiger charge is 2.06. The summed E-state index contributed by atoms with van der Waals surface area (Å²) < 4.78 is 0. The SMILES string of the molecule is Cc1ccncc1-c1ccnc2ccccc12. The molecule has 0 amide bonds. The molecule has 82 valence electrons. The van der Waals surface area contributed by atoms with Crippen LogP contribution in [0, 0.1) is 6.92 Å². The van der Waals surface area contributed by atoms with Crippen LogP contribution in [0.5, 0.6) is 0 Å². The van der Waals surface area contributed by atoms with Crippen LogP contribution in [0.3, 0.4) is 0 Å². The van der Waals surface area contributed by atoms with E-state index in [-0.39, 0.29) is 0 Å². The standard InChI is InChI=1S/C15H12N2/c1-11-6-8-16-10-14(11)12-7-9-17-15-5-3-2-4-13(12)15/h2-10H,1H3. The Morgan fingerprint density at radius 1 is 0.882 bits per heavy atom. The second-order valence-electron chi connectivity index (χ2n) is 4.07. The van der Waals surface area contributed by atoms with Gasteiger partial charge >= 0.3 is 0 Å². The highest BCUT2D eigenvalue weighted by atomic mass is 14.7. The number of aryl methyl sites for hydroxylation is 1. The number of pyridine rings is 2. The minimum Gasteiger partial charge on any atom is -0.264 e. The van der Waals surface area contributed by atoms with Crippen LogP contribution in [0.2, 0.25) is 0 Å². The van der Waals surface area contributed by atoms with Crippen LogP contribution in [0.4, 0.5) is 0 Å². The molecule has 3 aromatic rings. The van der Waals surface area contributed by atoms with Gasteiger partial charge in [0.2, 0.25) is 0 Å². The van der Waals surface area contributed by atoms with Gasteiger partial charge in [-0.25, -0.2) is 0 Å². The van der Waals surface area contributed by atoms with Crippen LogP contribution >= 0.6 is 0 Å². The average molecular weight is 220 g/mol. The van der Waals surface area contributed by atoms with Crippen LogP contribution in [0.15, 0.2) is 55.0 Å². The molecule has 0 bridgehead atoms. The maximum atomic E-state index is 4.38. The monoisotopic (exact) mass is 220 g/mol. The number of hydrogen-bond acceptors (Lipinski definition) is 2. The van der Waals surface area contributed by atoms with Crippen molar-refractivity contribution in [1.82, 2.24) is 9.97 Å². The van der Waals surface area contributed by atoms with Crippen molar-refractivity contribution in [2.75, 3.05) is 0 Å². The normalized spacial score (nSPS) is 10.6. The van der Waals surface area contributed by atoms with Crippen molar-refractivity contribution in [2.24, 2.45) is 0 Å². The molecule has 0 saturated carbocycles. The largest absolute Gasteiger partial charge is 0.264 e. The molecule has 3 rings (SSSR count). The highest BCUT2D eigenvalue weighted by molar-refractivity contribution is 5.94. The van der Waals surface area contributed by atoms with E-state index in [0.29, 0.717) is 0 Å². The molecule has 17 heavy (non-hydrogen) atoms. The molecule has 0 aliphatic rings. The number of nitrogens with zero attached hydrogens (tertiary/aromatic N) is 2. The number of benzene rings is 1. The molecule has 0 radical (unpaired) electrons. The van der Waals surface area contributed by atoms with E-state index < -0.39 is 0 Å². The Hall–Kier alpha value is -2.22. The van der Waals surface area contributed by atoms with Gasteiger partial charge in [0.25, 0.3) is 0 Å². The maximum absolute atomic E-state index is 4.38. The summed E-state index contributed by atoms with van der Waals surface area (Å²) in [5.41, 5.74) is 4.62. The third kappa shape index (κ3) is 1.68. The molecule has 0 aliphatic carbocycles. The maximum Gasteiger partial charge on any atom is 0.0708 e. The summed E-state index contributed by atoms with van der Waals surface area (Å²) in [7, 11) is 0. The molecule has 0 saturated heterocycles. The summed E-state index contributed by atoms with van der Waals surface area (Å²) in [5.74, 6) is 0. The van der Waals surface area contributed by atoms with Crippen molar-refractivity contribution < 1.29 is 0 Å². The molecule has 2 nitrogen and oxygen atoms in total. The van der Waals surface area contributed by atoms with Gasteiger partial charge < -0.3 is 0 Å². The van der Waals surface area contributed by atoms with Crippen molar-refractivity contribution in [3.05, 3.63) is 60.6 Å². The molecule has 0 fully saturated rings. The molecular formula is C15H12N2. The first-order chi connectivity index (χ1) is 8.36. The quantitative estimate of drug-likeness (QED) is 0.626. The van der Waals surface area contributed by atoms with Crippen LogP contribution in [0.1, 0.15) is 5.56 Å². The number of para-hydroxylation sites is 1. The van der Waals surface area contributed by atoms with Crippen molar-refractivity contribution in [1.29, 1.82) is 0 Å². The Bertz CT molecular complexity index is 669. The van der Waals surface area contributed by atoms with Crippen molar-refractivity contribution in [3.63, 3.8) is 0 Å². The number of fused-ring (bicyclic) bond motifs is 1. The molecule has 2 aromatic heterocycles. The Morgan fingerprint density at radius 3 is 2.65 bits per heavy atom. The lowest BCUT2D eigenvalue weighted by molar-refractivity contribution is 1.29. The fourth-order valence-corrected chi connectivity index (χ4v) is 2.08. The van der Waals surface area contributed by atoms with Gasteiger partial charge in [-0.05, 0) is 36.2 Å². The molecule has 0 spiro atoms. The highest BCUT2D eigenvalue weighted by Crippen LogP contribution is 2.28. The molecule has 0 aliphatic heterocycles. The lowest BCUT2D eigenvalue weighted by atomic mass is 9.99. The molecule has 2 heterocycles. The van der Waals surface area contributed by atoms with Gasteiger partial charge in [-0.3, -0.25) is 9.97 Å². The summed E-state index contributed by atoms with van der Waals surface area (Å²) in [6.07, 6.45) is 5.59. The van der Waals surface area contributed by atoms with Gasteiger partial charge in [0, 0.05) is 29.5 Å². The molecule has 0 N–H and O–H groups in total. The first-order valence-corrected chi connectivity index (χ1v) is 5.61. The smallest absolute Gasteiger partial charge is 0.0708 e. The topological polar surface area (TPSA) is 25.8 Å². The Labute approximate surface area is 100.0 Å². The molecule has 1 aromatic carbocycles. The van der Waals surface area contributed by atoms with Crippen LogP contribution in [-0.2, 0) is 0 Å². The minimum absolute atomic E-state index is 1.02. The summed E-state index contributed by atoms with van der Waals surface area (Å²) in [6, 6.07) is 12.3. The fraction of sp³-hybridized carbons (Fsp3) is 0.0667. The average Bonchev–Trinajstić information content (AvgIpc) is 2.39. The lowest BCUT2D eigenvalue weighted by Crippen LogP contribution is -1.87. The first-order valence-electron chi connectivity index (χ1n) is 5.61. The van der Waals surface area contributed by atoms with Crippen LogP contribution in [-0.4, -0.2) is 9.97 Å². The second-order valence-corrected chi connectivity index (χ2v) is 4.07. The third-order valence-corrected chi connectivity index (χ3v) is 2.98.